The molecule has 1 amide bonds. The molecule has 1 rings (SSSR count). The number of halogens is 1. The van der Waals surface area contributed by atoms with Crippen LogP contribution in [-0.4, -0.2) is 34.7 Å². The number of aliphatic hydroxyl groups excluding tert-OH is 1. The van der Waals surface area contributed by atoms with Crippen molar-refractivity contribution in [2.45, 2.75) is 12.5 Å². The lowest BCUT2D eigenvalue weighted by Gasteiger charge is -2.11. The second-order valence-corrected chi connectivity index (χ2v) is 3.88. The van der Waals surface area contributed by atoms with Crippen LogP contribution in [0.2, 0.25) is 5.02 Å². The van der Waals surface area contributed by atoms with Gasteiger partial charge in [0, 0.05) is 5.02 Å². The molecule has 0 spiro atoms. The first-order valence-electron chi connectivity index (χ1n) is 4.90. The van der Waals surface area contributed by atoms with E-state index in [0.717, 1.165) is 0 Å². The van der Waals surface area contributed by atoms with Crippen LogP contribution in [0, 0.1) is 0 Å². The highest BCUT2D eigenvalue weighted by Crippen LogP contribution is 2.10. The molecule has 0 radical (unpaired) electrons. The Balaban J connectivity index is 2.58. The predicted octanol–water partition coefficient (Wildman–Crippen LogP) is 0.444. The first-order valence-corrected chi connectivity index (χ1v) is 5.28. The smallest absolute Gasteiger partial charge is 0.328 e. The molecular weight excluding hydrogens is 246 g/mol. The summed E-state index contributed by atoms with van der Waals surface area (Å²) in [5.74, 6) is -1.75. The van der Waals surface area contributed by atoms with Crippen LogP contribution in [0.5, 0.6) is 0 Å². The van der Waals surface area contributed by atoms with Gasteiger partial charge in [-0.05, 0) is 17.7 Å². The van der Waals surface area contributed by atoms with Crippen molar-refractivity contribution in [2.24, 2.45) is 0 Å². The van der Waals surface area contributed by atoms with Crippen molar-refractivity contribution in [3.05, 3.63) is 34.9 Å². The van der Waals surface area contributed by atoms with Crippen LogP contribution in [0.15, 0.2) is 24.3 Å². The number of carbonyl (C=O) groups excluding carboxylic acids is 1. The topological polar surface area (TPSA) is 86.6 Å². The van der Waals surface area contributed by atoms with E-state index in [-0.39, 0.29) is 6.42 Å². The van der Waals surface area contributed by atoms with Gasteiger partial charge in [0.1, 0.15) is 6.04 Å². The number of carboxylic acid groups (broad SMARTS) is 1. The molecule has 17 heavy (non-hydrogen) atoms. The molecule has 6 heteroatoms. The Bertz CT molecular complexity index is 422. The molecule has 3 N–H and O–H groups in total. The van der Waals surface area contributed by atoms with Crippen molar-refractivity contribution in [3.63, 3.8) is 0 Å². The van der Waals surface area contributed by atoms with Gasteiger partial charge in [0.25, 0.3) is 0 Å². The zero-order valence-corrected chi connectivity index (χ0v) is 9.65. The lowest BCUT2D eigenvalue weighted by Crippen LogP contribution is -2.43. The fourth-order valence-corrected chi connectivity index (χ4v) is 1.48. The highest BCUT2D eigenvalue weighted by atomic mass is 35.5. The molecule has 5 nitrogen and oxygen atoms in total. The van der Waals surface area contributed by atoms with Crippen LogP contribution in [0.25, 0.3) is 0 Å². The molecular formula is C11H12ClNO4. The van der Waals surface area contributed by atoms with Gasteiger partial charge in [-0.15, -0.1) is 0 Å². The van der Waals surface area contributed by atoms with Gasteiger partial charge in [0.2, 0.25) is 5.91 Å². The Morgan fingerprint density at radius 2 is 2.12 bits per heavy atom. The van der Waals surface area contributed by atoms with Crippen molar-refractivity contribution < 1.29 is 19.8 Å². The Hall–Kier alpha value is -1.59. The predicted molar refractivity (Wildman–Crippen MR) is 61.8 cm³/mol. The summed E-state index contributed by atoms with van der Waals surface area (Å²) in [6.45, 7) is -0.642. The van der Waals surface area contributed by atoms with E-state index >= 15 is 0 Å². The number of rotatable bonds is 5. The van der Waals surface area contributed by atoms with Gasteiger partial charge in [0.05, 0.1) is 13.0 Å². The third-order valence-corrected chi connectivity index (χ3v) is 2.30. The van der Waals surface area contributed by atoms with Crippen molar-refractivity contribution >= 4 is 23.5 Å². The monoisotopic (exact) mass is 257 g/mol. The largest absolute Gasteiger partial charge is 0.480 e. The van der Waals surface area contributed by atoms with Gasteiger partial charge in [0.15, 0.2) is 0 Å². The van der Waals surface area contributed by atoms with Crippen LogP contribution in [0.1, 0.15) is 5.56 Å². The summed E-state index contributed by atoms with van der Waals surface area (Å²) in [6, 6.07) is 5.43. The van der Waals surface area contributed by atoms with Gasteiger partial charge in [-0.2, -0.15) is 0 Å². The molecule has 1 aromatic rings. The van der Waals surface area contributed by atoms with E-state index in [9.17, 15) is 9.59 Å². The number of hydrogen-bond acceptors (Lipinski definition) is 3. The Morgan fingerprint density at radius 1 is 1.41 bits per heavy atom. The van der Waals surface area contributed by atoms with E-state index in [1.54, 1.807) is 24.3 Å². The average Bonchev–Trinajstić information content (AvgIpc) is 2.25. The molecule has 0 aromatic heterocycles. The average molecular weight is 258 g/mol. The highest BCUT2D eigenvalue weighted by Gasteiger charge is 2.18. The maximum absolute atomic E-state index is 11.5. The fourth-order valence-electron chi connectivity index (χ4n) is 1.26. The number of carbonyl (C=O) groups is 2. The van der Waals surface area contributed by atoms with Gasteiger partial charge >= 0.3 is 5.97 Å². The van der Waals surface area contributed by atoms with Crippen molar-refractivity contribution in [1.82, 2.24) is 5.32 Å². The van der Waals surface area contributed by atoms with Crippen molar-refractivity contribution in [2.75, 3.05) is 6.61 Å². The number of nitrogens with one attached hydrogen (secondary N) is 1. The van der Waals surface area contributed by atoms with E-state index < -0.39 is 24.5 Å². The summed E-state index contributed by atoms with van der Waals surface area (Å²) in [5, 5.41) is 20.1. The molecule has 0 aliphatic carbocycles. The Morgan fingerprint density at radius 3 is 2.65 bits per heavy atom. The molecule has 0 fully saturated rings. The summed E-state index contributed by atoms with van der Waals surface area (Å²) in [5.41, 5.74) is 0.678. The highest BCUT2D eigenvalue weighted by molar-refractivity contribution is 6.30. The van der Waals surface area contributed by atoms with Gasteiger partial charge in [-0.1, -0.05) is 23.7 Å². The number of hydrogen-bond donors (Lipinski definition) is 3. The first-order chi connectivity index (χ1) is 8.02. The standard InChI is InChI=1S/C11H12ClNO4/c12-8-3-1-2-7(4-8)5-10(15)13-9(6-14)11(16)17/h1-4,9,14H,5-6H2,(H,13,15)(H,16,17). The summed E-state index contributed by atoms with van der Waals surface area (Å²) >= 11 is 5.75. The molecule has 92 valence electrons. The third-order valence-electron chi connectivity index (χ3n) is 2.07. The molecule has 0 saturated heterocycles. The summed E-state index contributed by atoms with van der Waals surface area (Å²) in [4.78, 5) is 22.0. The lowest BCUT2D eigenvalue weighted by molar-refractivity contribution is -0.142. The van der Waals surface area contributed by atoms with E-state index in [1.165, 1.54) is 0 Å². The van der Waals surface area contributed by atoms with E-state index in [2.05, 4.69) is 5.32 Å². The summed E-state index contributed by atoms with van der Waals surface area (Å²) in [6.07, 6.45) is 0.0182. The van der Waals surface area contributed by atoms with Crippen LogP contribution >= 0.6 is 11.6 Å². The van der Waals surface area contributed by atoms with Gasteiger partial charge < -0.3 is 15.5 Å². The molecule has 0 saturated carbocycles. The van der Waals surface area contributed by atoms with Crippen LogP contribution < -0.4 is 5.32 Å². The first kappa shape index (κ1) is 13.5. The molecule has 0 heterocycles. The molecule has 0 bridgehead atoms. The van der Waals surface area contributed by atoms with Crippen molar-refractivity contribution in [1.29, 1.82) is 0 Å². The van der Waals surface area contributed by atoms with E-state index in [4.69, 9.17) is 21.8 Å². The minimum Gasteiger partial charge on any atom is -0.480 e. The zero-order chi connectivity index (χ0) is 12.8. The summed E-state index contributed by atoms with van der Waals surface area (Å²) in [7, 11) is 0. The quantitative estimate of drug-likeness (QED) is 0.715. The zero-order valence-electron chi connectivity index (χ0n) is 8.89. The lowest BCUT2D eigenvalue weighted by atomic mass is 10.1. The minimum absolute atomic E-state index is 0.0182. The number of amides is 1. The van der Waals surface area contributed by atoms with Crippen LogP contribution in [0.3, 0.4) is 0 Å². The summed E-state index contributed by atoms with van der Waals surface area (Å²) < 4.78 is 0. The Labute approximate surface area is 103 Å². The second-order valence-electron chi connectivity index (χ2n) is 3.45. The maximum Gasteiger partial charge on any atom is 0.328 e. The van der Waals surface area contributed by atoms with Crippen LogP contribution in [0.4, 0.5) is 0 Å². The molecule has 1 aromatic carbocycles. The number of benzene rings is 1. The number of carboxylic acids is 1. The Kier molecular flexibility index (Phi) is 4.93. The van der Waals surface area contributed by atoms with E-state index in [1.807, 2.05) is 0 Å². The third kappa shape index (κ3) is 4.42. The molecule has 1 atom stereocenters. The molecule has 1 unspecified atom stereocenters. The van der Waals surface area contributed by atoms with Gasteiger partial charge in [-0.3, -0.25) is 4.79 Å². The minimum atomic E-state index is -1.28. The van der Waals surface area contributed by atoms with Crippen LogP contribution in [-0.2, 0) is 16.0 Å². The van der Waals surface area contributed by atoms with Crippen molar-refractivity contribution in [3.8, 4) is 0 Å². The SMILES string of the molecule is O=C(Cc1cccc(Cl)c1)NC(CO)C(=O)O. The maximum atomic E-state index is 11.5. The molecule has 0 aliphatic rings. The van der Waals surface area contributed by atoms with E-state index in [0.29, 0.717) is 10.6 Å². The normalized spacial score (nSPS) is 11.9. The second kappa shape index (κ2) is 6.22. The number of aliphatic hydroxyl groups is 1. The van der Waals surface area contributed by atoms with Gasteiger partial charge in [-0.25, -0.2) is 4.79 Å². The fraction of sp³-hybridized carbons (Fsp3) is 0.273. The molecule has 0 aliphatic heterocycles. The number of aliphatic carboxylic acids is 1.